The van der Waals surface area contributed by atoms with Crippen molar-refractivity contribution in [2.75, 3.05) is 18.4 Å². The van der Waals surface area contributed by atoms with E-state index in [1.54, 1.807) is 6.20 Å². The van der Waals surface area contributed by atoms with Crippen LogP contribution in [0.4, 0.5) is 9.80 Å². The van der Waals surface area contributed by atoms with Crippen molar-refractivity contribution in [2.45, 2.75) is 32.2 Å². The van der Waals surface area contributed by atoms with Gasteiger partial charge in [0, 0.05) is 37.4 Å². The summed E-state index contributed by atoms with van der Waals surface area (Å²) in [6.45, 7) is 4.50. The summed E-state index contributed by atoms with van der Waals surface area (Å²) in [5.74, 6) is 0.499. The molecule has 0 aromatic carbocycles. The number of hydrogen-bond acceptors (Lipinski definition) is 5. The second kappa shape index (κ2) is 6.21. The molecule has 0 atom stereocenters. The lowest BCUT2D eigenvalue weighted by atomic mass is 9.92. The van der Waals surface area contributed by atoms with Gasteiger partial charge in [-0.25, -0.2) is 4.79 Å². The molecule has 7 nitrogen and oxygen atoms in total. The zero-order chi connectivity index (χ0) is 14.7. The molecule has 0 radical (unpaired) electrons. The maximum atomic E-state index is 12.1. The van der Waals surface area contributed by atoms with Crippen molar-refractivity contribution in [1.82, 2.24) is 24.3 Å². The van der Waals surface area contributed by atoms with Crippen LogP contribution in [0.2, 0.25) is 0 Å². The number of hydrogen-bond donors (Lipinski definition) is 1. The average Bonchev–Trinajstić information content (AvgIpc) is 3.18. The molecule has 1 N–H and O–H groups in total. The smallest absolute Gasteiger partial charge is 0.322 e. The highest BCUT2D eigenvalue weighted by molar-refractivity contribution is 7.10. The number of urea groups is 1. The van der Waals surface area contributed by atoms with Gasteiger partial charge in [-0.05, 0) is 31.2 Å². The predicted molar refractivity (Wildman–Crippen MR) is 80.4 cm³/mol. The molecular formula is C13H18N6OS. The Morgan fingerprint density at radius 2 is 2.24 bits per heavy atom. The lowest BCUT2D eigenvalue weighted by Gasteiger charge is -2.31. The molecule has 0 aliphatic carbocycles. The first kappa shape index (κ1) is 14.0. The summed E-state index contributed by atoms with van der Waals surface area (Å²) < 4.78 is 5.68. The Bertz CT molecular complexity index is 588. The molecule has 0 unspecified atom stereocenters. The highest BCUT2D eigenvalue weighted by Gasteiger charge is 2.24. The standard InChI is InChI=1S/C13H18N6OS/c1-2-19-9-11(7-15-19)10-3-5-18(6-4-10)13(20)16-12-8-14-17-21-12/h7-10H,2-6H2,1H3,(H,16,20). The van der Waals surface area contributed by atoms with Crippen molar-refractivity contribution >= 4 is 22.6 Å². The minimum atomic E-state index is -0.0660. The lowest BCUT2D eigenvalue weighted by molar-refractivity contribution is 0.194. The minimum Gasteiger partial charge on any atom is -0.324 e. The van der Waals surface area contributed by atoms with Crippen LogP contribution in [-0.4, -0.2) is 43.4 Å². The van der Waals surface area contributed by atoms with Crippen molar-refractivity contribution in [2.24, 2.45) is 0 Å². The second-order valence-corrected chi connectivity index (χ2v) is 5.89. The van der Waals surface area contributed by atoms with Crippen molar-refractivity contribution < 1.29 is 4.79 Å². The Kier molecular flexibility index (Phi) is 4.14. The van der Waals surface area contributed by atoms with E-state index in [1.807, 2.05) is 15.8 Å². The Balaban J connectivity index is 1.53. The Hall–Kier alpha value is -1.96. The predicted octanol–water partition coefficient (Wildman–Crippen LogP) is 2.17. The molecular weight excluding hydrogens is 288 g/mol. The van der Waals surface area contributed by atoms with Crippen molar-refractivity contribution in [3.05, 3.63) is 24.2 Å². The maximum absolute atomic E-state index is 12.1. The molecule has 112 valence electrons. The molecule has 0 bridgehead atoms. The lowest BCUT2D eigenvalue weighted by Crippen LogP contribution is -2.40. The van der Waals surface area contributed by atoms with Crippen LogP contribution >= 0.6 is 11.5 Å². The van der Waals surface area contributed by atoms with E-state index in [2.05, 4.69) is 33.1 Å². The second-order valence-electron chi connectivity index (χ2n) is 5.10. The number of carbonyl (C=O) groups is 1. The maximum Gasteiger partial charge on any atom is 0.322 e. The number of nitrogens with one attached hydrogen (secondary N) is 1. The summed E-state index contributed by atoms with van der Waals surface area (Å²) in [6, 6.07) is -0.0660. The average molecular weight is 306 g/mol. The van der Waals surface area contributed by atoms with Crippen LogP contribution in [0.25, 0.3) is 0 Å². The van der Waals surface area contributed by atoms with Crippen LogP contribution in [0.15, 0.2) is 18.6 Å². The summed E-state index contributed by atoms with van der Waals surface area (Å²) in [6.07, 6.45) is 7.58. The molecule has 3 rings (SSSR count). The Labute approximate surface area is 127 Å². The fraction of sp³-hybridized carbons (Fsp3) is 0.538. The third-order valence-electron chi connectivity index (χ3n) is 3.82. The summed E-state index contributed by atoms with van der Waals surface area (Å²) in [5.41, 5.74) is 1.28. The molecule has 2 aromatic rings. The van der Waals surface area contributed by atoms with Crippen LogP contribution < -0.4 is 5.32 Å². The van der Waals surface area contributed by atoms with E-state index in [1.165, 1.54) is 17.1 Å². The van der Waals surface area contributed by atoms with E-state index in [4.69, 9.17) is 0 Å². The number of aryl methyl sites for hydroxylation is 1. The number of rotatable bonds is 3. The SMILES string of the molecule is CCn1cc(C2CCN(C(=O)Nc3cnns3)CC2)cn1. The summed E-state index contributed by atoms with van der Waals surface area (Å²) in [5, 5.41) is 11.5. The Morgan fingerprint density at radius 3 is 2.86 bits per heavy atom. The van der Waals surface area contributed by atoms with Gasteiger partial charge in [0.1, 0.15) is 5.00 Å². The molecule has 2 aromatic heterocycles. The van der Waals surface area contributed by atoms with Gasteiger partial charge in [0.25, 0.3) is 0 Å². The van der Waals surface area contributed by atoms with Crippen LogP contribution in [-0.2, 0) is 6.54 Å². The van der Waals surface area contributed by atoms with Gasteiger partial charge in [-0.15, -0.1) is 5.10 Å². The number of carbonyl (C=O) groups excluding carboxylic acids is 1. The number of likely N-dealkylation sites (tertiary alicyclic amines) is 1. The van der Waals surface area contributed by atoms with Gasteiger partial charge < -0.3 is 4.90 Å². The number of amides is 2. The fourth-order valence-corrected chi connectivity index (χ4v) is 3.00. The van der Waals surface area contributed by atoms with E-state index in [0.29, 0.717) is 10.9 Å². The largest absolute Gasteiger partial charge is 0.324 e. The molecule has 1 aliphatic heterocycles. The number of anilines is 1. The quantitative estimate of drug-likeness (QED) is 0.943. The number of piperidine rings is 1. The monoisotopic (exact) mass is 306 g/mol. The molecule has 1 saturated heterocycles. The summed E-state index contributed by atoms with van der Waals surface area (Å²) in [4.78, 5) is 14.0. The van der Waals surface area contributed by atoms with Crippen molar-refractivity contribution in [3.8, 4) is 0 Å². The van der Waals surface area contributed by atoms with E-state index >= 15 is 0 Å². The van der Waals surface area contributed by atoms with Crippen LogP contribution in [0.5, 0.6) is 0 Å². The first-order chi connectivity index (χ1) is 10.3. The summed E-state index contributed by atoms with van der Waals surface area (Å²) >= 11 is 1.19. The van der Waals surface area contributed by atoms with E-state index in [0.717, 1.165) is 32.5 Å². The number of nitrogens with zero attached hydrogens (tertiary/aromatic N) is 5. The molecule has 3 heterocycles. The van der Waals surface area contributed by atoms with E-state index < -0.39 is 0 Å². The summed E-state index contributed by atoms with van der Waals surface area (Å²) in [7, 11) is 0. The van der Waals surface area contributed by atoms with Crippen LogP contribution in [0.1, 0.15) is 31.2 Å². The molecule has 21 heavy (non-hydrogen) atoms. The zero-order valence-corrected chi connectivity index (χ0v) is 12.7. The van der Waals surface area contributed by atoms with Gasteiger partial charge in [0.15, 0.2) is 0 Å². The van der Waals surface area contributed by atoms with Gasteiger partial charge in [-0.1, -0.05) is 4.49 Å². The first-order valence-electron chi connectivity index (χ1n) is 7.12. The topological polar surface area (TPSA) is 75.9 Å². The number of aromatic nitrogens is 4. The van der Waals surface area contributed by atoms with Gasteiger partial charge in [-0.2, -0.15) is 5.10 Å². The molecule has 0 saturated carbocycles. The van der Waals surface area contributed by atoms with Gasteiger partial charge in [-0.3, -0.25) is 10.00 Å². The molecule has 1 fully saturated rings. The van der Waals surface area contributed by atoms with Gasteiger partial charge >= 0.3 is 6.03 Å². The third kappa shape index (κ3) is 3.21. The molecule has 8 heteroatoms. The highest BCUT2D eigenvalue weighted by atomic mass is 32.1. The van der Waals surface area contributed by atoms with Gasteiger partial charge in [0.2, 0.25) is 0 Å². The highest BCUT2D eigenvalue weighted by Crippen LogP contribution is 2.28. The van der Waals surface area contributed by atoms with Crippen LogP contribution in [0, 0.1) is 0 Å². The first-order valence-corrected chi connectivity index (χ1v) is 7.89. The zero-order valence-electron chi connectivity index (χ0n) is 11.9. The third-order valence-corrected chi connectivity index (χ3v) is 4.40. The van der Waals surface area contributed by atoms with Crippen molar-refractivity contribution in [3.63, 3.8) is 0 Å². The van der Waals surface area contributed by atoms with Crippen LogP contribution in [0.3, 0.4) is 0 Å². The fourth-order valence-electron chi connectivity index (χ4n) is 2.59. The van der Waals surface area contributed by atoms with Crippen molar-refractivity contribution in [1.29, 1.82) is 0 Å². The van der Waals surface area contributed by atoms with E-state index in [-0.39, 0.29) is 6.03 Å². The molecule has 2 amide bonds. The van der Waals surface area contributed by atoms with E-state index in [9.17, 15) is 4.79 Å². The Morgan fingerprint density at radius 1 is 1.43 bits per heavy atom. The molecule has 0 spiro atoms. The van der Waals surface area contributed by atoms with Gasteiger partial charge in [0.05, 0.1) is 12.4 Å². The minimum absolute atomic E-state index is 0.0660. The normalized spacial score (nSPS) is 16.1. The molecule has 1 aliphatic rings.